The number of nitrogens with zero attached hydrogens (tertiary/aromatic N) is 3. The molecule has 0 aliphatic carbocycles. The molecule has 3 unspecified atom stereocenters. The van der Waals surface area contributed by atoms with Crippen LogP contribution in [0, 0.1) is 0 Å². The number of nitrogens with one attached hydrogen (secondary N) is 1. The molecule has 0 aromatic heterocycles. The average molecular weight is 1000 g/mol. The van der Waals surface area contributed by atoms with Crippen LogP contribution in [0.25, 0.3) is 5.57 Å². The minimum Gasteiger partial charge on any atom is -0.379 e. The van der Waals surface area contributed by atoms with E-state index in [0.29, 0.717) is 5.17 Å². The van der Waals surface area contributed by atoms with Gasteiger partial charge in [-0.1, -0.05) is 153 Å². The lowest BCUT2D eigenvalue weighted by Gasteiger charge is -2.22. The normalized spacial score (nSPS) is 19.5. The summed E-state index contributed by atoms with van der Waals surface area (Å²) in [4.78, 5) is 13.5. The Bertz CT molecular complexity index is 2020. The van der Waals surface area contributed by atoms with Crippen LogP contribution in [0.3, 0.4) is 0 Å². The molecule has 56 heavy (non-hydrogen) atoms. The second-order valence-corrected chi connectivity index (χ2v) is 19.4. The highest BCUT2D eigenvalue weighted by Crippen LogP contribution is 2.37. The standard InChI is InChI=1S/C14H19ClN2S.C10H9ClINS.C10H11ClN2S.C9H9Cl/c1-13(2,3)16-12-17-14(4,9-18-12)10-5-7-11(15)8-6-10;1-10(6-12,13-7-14)8-2-4-9(11)5-3-8;1-10(6-14-9(12)13-10)7-2-4-8(11)5-3-7;1-7(2)8-3-5-9(10)6-4-8/h5-8H,9H2,1-4H3,(H,16,17);2-5H,6H2,1H3;2-5H,6H2,1H3,(H2,12,13);3-6H,1H2,2H3. The van der Waals surface area contributed by atoms with Crippen LogP contribution in [0.4, 0.5) is 0 Å². The van der Waals surface area contributed by atoms with Crippen molar-refractivity contribution in [3.8, 4) is 0 Å². The van der Waals surface area contributed by atoms with Gasteiger partial charge in [0.1, 0.15) is 5.54 Å². The highest BCUT2D eigenvalue weighted by molar-refractivity contribution is 14.1. The Morgan fingerprint density at radius 1 is 0.786 bits per heavy atom. The third-order valence-electron chi connectivity index (χ3n) is 8.47. The molecule has 3 atom stereocenters. The van der Waals surface area contributed by atoms with E-state index < -0.39 is 0 Å². The number of thiocarbonyl (C=S) groups is 1. The van der Waals surface area contributed by atoms with Gasteiger partial charge in [-0.25, -0.2) is 4.99 Å². The van der Waals surface area contributed by atoms with Crippen LogP contribution in [0.2, 0.25) is 20.1 Å². The number of rotatable bonds is 6. The smallest absolute Gasteiger partial charge is 0.157 e. The average Bonchev–Trinajstić information content (AvgIpc) is 3.70. The Morgan fingerprint density at radius 2 is 1.20 bits per heavy atom. The largest absolute Gasteiger partial charge is 0.379 e. The van der Waals surface area contributed by atoms with Gasteiger partial charge in [-0.05, 0) is 131 Å². The zero-order valence-electron chi connectivity index (χ0n) is 32.6. The Morgan fingerprint density at radius 3 is 1.57 bits per heavy atom. The van der Waals surface area contributed by atoms with E-state index in [1.54, 1.807) is 23.5 Å². The molecule has 4 aromatic carbocycles. The van der Waals surface area contributed by atoms with Crippen LogP contribution in [0.5, 0.6) is 0 Å². The molecule has 0 radical (unpaired) electrons. The van der Waals surface area contributed by atoms with Gasteiger partial charge in [-0.3, -0.25) is 9.98 Å². The first-order chi connectivity index (χ1) is 26.2. The maximum absolute atomic E-state index is 5.93. The molecular formula is C43H48Cl4IN5S3. The lowest BCUT2D eigenvalue weighted by atomic mass is 9.95. The second kappa shape index (κ2) is 21.8. The summed E-state index contributed by atoms with van der Waals surface area (Å²) in [5.41, 5.74) is 10.8. The highest BCUT2D eigenvalue weighted by Gasteiger charge is 2.34. The Hall–Kier alpha value is -2.05. The third-order valence-corrected chi connectivity index (χ3v) is 13.3. The minimum absolute atomic E-state index is 0.0527. The van der Waals surface area contributed by atoms with Crippen LogP contribution < -0.4 is 11.1 Å². The van der Waals surface area contributed by atoms with E-state index in [-0.39, 0.29) is 22.2 Å². The molecule has 0 spiro atoms. The van der Waals surface area contributed by atoms with Crippen molar-refractivity contribution in [2.45, 2.75) is 70.6 Å². The van der Waals surface area contributed by atoms with Crippen molar-refractivity contribution in [2.24, 2.45) is 20.7 Å². The number of allylic oxidation sites excluding steroid dienone is 1. The summed E-state index contributed by atoms with van der Waals surface area (Å²) in [5.74, 6) is 1.87. The highest BCUT2D eigenvalue weighted by atomic mass is 127. The fourth-order valence-corrected chi connectivity index (χ4v) is 8.67. The lowest BCUT2D eigenvalue weighted by Crippen LogP contribution is -2.38. The quantitative estimate of drug-likeness (QED) is 0.0871. The van der Waals surface area contributed by atoms with E-state index in [9.17, 15) is 0 Å². The number of aliphatic imine (C=N–C) groups is 3. The molecule has 4 aromatic rings. The first-order valence-corrected chi connectivity index (χ1v) is 23.0. The molecule has 2 heterocycles. The summed E-state index contributed by atoms with van der Waals surface area (Å²) in [6, 6.07) is 31.1. The van der Waals surface area contributed by atoms with Crippen molar-refractivity contribution >= 4 is 126 Å². The number of hydrogen-bond acceptors (Lipinski definition) is 8. The van der Waals surface area contributed by atoms with Crippen molar-refractivity contribution in [3.05, 3.63) is 146 Å². The van der Waals surface area contributed by atoms with Gasteiger partial charge in [0, 0.05) is 41.6 Å². The van der Waals surface area contributed by atoms with Gasteiger partial charge in [0.05, 0.1) is 16.2 Å². The van der Waals surface area contributed by atoms with Gasteiger partial charge in [0.2, 0.25) is 0 Å². The van der Waals surface area contributed by atoms with Crippen LogP contribution in [0.1, 0.15) is 70.7 Å². The van der Waals surface area contributed by atoms with Gasteiger partial charge >= 0.3 is 0 Å². The Kier molecular flexibility index (Phi) is 18.8. The maximum Gasteiger partial charge on any atom is 0.157 e. The zero-order chi connectivity index (χ0) is 41.7. The molecular weight excluding hydrogens is 951 g/mol. The molecule has 0 saturated heterocycles. The number of nitrogens with two attached hydrogens (primary N) is 1. The van der Waals surface area contributed by atoms with E-state index in [1.807, 2.05) is 98.8 Å². The number of hydrogen-bond donors (Lipinski definition) is 2. The maximum atomic E-state index is 5.93. The molecule has 2 aliphatic heterocycles. The number of thioether (sulfide) groups is 2. The van der Waals surface area contributed by atoms with Crippen molar-refractivity contribution in [1.82, 2.24) is 5.32 Å². The summed E-state index contributed by atoms with van der Waals surface area (Å²) in [5, 5.41) is 10.6. The zero-order valence-corrected chi connectivity index (χ0v) is 40.2. The van der Waals surface area contributed by atoms with Crippen molar-refractivity contribution in [1.29, 1.82) is 0 Å². The monoisotopic (exact) mass is 997 g/mol. The van der Waals surface area contributed by atoms with Crippen LogP contribution in [-0.2, 0) is 16.6 Å². The lowest BCUT2D eigenvalue weighted by molar-refractivity contribution is 0.508. The third kappa shape index (κ3) is 15.3. The fourth-order valence-electron chi connectivity index (χ4n) is 5.13. The van der Waals surface area contributed by atoms with Gasteiger partial charge < -0.3 is 11.1 Å². The summed E-state index contributed by atoms with van der Waals surface area (Å²) in [7, 11) is 0. The summed E-state index contributed by atoms with van der Waals surface area (Å²) < 4.78 is 0.857. The SMILES string of the molecule is C=C(C)c1ccc(Cl)cc1.CC(C)(C)NC1=NC(C)(c2ccc(Cl)cc2)CS1.CC(CI)(N=C=S)c1ccc(Cl)cc1.CC1(c2ccc(Cl)cc2)CSC(N)=N1. The van der Waals surface area contributed by atoms with Crippen LogP contribution in [0.15, 0.2) is 119 Å². The predicted octanol–water partition coefficient (Wildman–Crippen LogP) is 14.1. The first-order valence-electron chi connectivity index (χ1n) is 17.5. The van der Waals surface area contributed by atoms with Crippen molar-refractivity contribution in [2.75, 3.05) is 15.9 Å². The van der Waals surface area contributed by atoms with Crippen LogP contribution >= 0.6 is 105 Å². The number of isothiocyanates is 1. The molecule has 3 N–H and O–H groups in total. The molecule has 5 nitrogen and oxygen atoms in total. The number of alkyl halides is 1. The Balaban J connectivity index is 0.000000204. The van der Waals surface area contributed by atoms with E-state index in [0.717, 1.165) is 63.5 Å². The van der Waals surface area contributed by atoms with Gasteiger partial charge in [-0.2, -0.15) is 0 Å². The predicted molar refractivity (Wildman–Crippen MR) is 263 cm³/mol. The van der Waals surface area contributed by atoms with Crippen LogP contribution in [-0.4, -0.2) is 37.0 Å². The van der Waals surface area contributed by atoms with E-state index in [4.69, 9.17) is 57.1 Å². The fraction of sp³-hybridized carbons (Fsp3) is 0.326. The molecule has 6 rings (SSSR count). The molecule has 0 bridgehead atoms. The Labute approximate surface area is 381 Å². The van der Waals surface area contributed by atoms with Gasteiger partial charge in [-0.15, -0.1) is 0 Å². The molecule has 2 aliphatic rings. The number of benzene rings is 4. The van der Waals surface area contributed by atoms with Gasteiger partial charge in [0.25, 0.3) is 0 Å². The first kappa shape index (κ1) is 48.3. The molecule has 13 heteroatoms. The van der Waals surface area contributed by atoms with E-state index >= 15 is 0 Å². The second-order valence-electron chi connectivity index (χ2n) is 14.8. The van der Waals surface area contributed by atoms with E-state index in [1.165, 1.54) is 5.56 Å². The molecule has 298 valence electrons. The minimum atomic E-state index is -0.285. The molecule has 0 fully saturated rings. The van der Waals surface area contributed by atoms with Gasteiger partial charge in [0.15, 0.2) is 10.3 Å². The summed E-state index contributed by atoms with van der Waals surface area (Å²) in [6.45, 7) is 18.5. The molecule has 0 saturated carbocycles. The molecule has 0 amide bonds. The summed E-state index contributed by atoms with van der Waals surface area (Å²) >= 11 is 33.6. The topological polar surface area (TPSA) is 75.1 Å². The van der Waals surface area contributed by atoms with E-state index in [2.05, 4.69) is 109 Å². The number of halogens is 5. The van der Waals surface area contributed by atoms with Crippen molar-refractivity contribution < 1.29 is 0 Å². The van der Waals surface area contributed by atoms with Crippen molar-refractivity contribution in [3.63, 3.8) is 0 Å². The summed E-state index contributed by atoms with van der Waals surface area (Å²) in [6.07, 6.45) is 0. The number of amidine groups is 2.